The number of hydrogen-bond donors (Lipinski definition) is 7. The van der Waals surface area contributed by atoms with Crippen molar-refractivity contribution in [1.82, 2.24) is 16.0 Å². The van der Waals surface area contributed by atoms with Crippen LogP contribution in [0.3, 0.4) is 0 Å². The molecule has 5 unspecified atom stereocenters. The molecule has 0 aliphatic heterocycles. The summed E-state index contributed by atoms with van der Waals surface area (Å²) in [5.74, 6) is -4.08. The number of aliphatic hydroxyl groups excluding tert-OH is 2. The molecule has 0 bridgehead atoms. The molecule has 0 aliphatic rings. The molecule has 0 spiro atoms. The van der Waals surface area contributed by atoms with Crippen LogP contribution < -0.4 is 21.7 Å². The normalized spacial score (nSPS) is 15.7. The summed E-state index contributed by atoms with van der Waals surface area (Å²) in [7, 11) is 0. The molecular weight excluding hydrogens is 420 g/mol. The third-order valence-electron chi connectivity index (χ3n) is 4.74. The molecule has 11 heteroatoms. The minimum absolute atomic E-state index is 0.0917. The fourth-order valence-electron chi connectivity index (χ4n) is 2.84. The van der Waals surface area contributed by atoms with Gasteiger partial charge in [-0.1, -0.05) is 44.2 Å². The number of nitrogens with one attached hydrogen (secondary N) is 3. The van der Waals surface area contributed by atoms with E-state index in [1.165, 1.54) is 6.92 Å². The summed E-state index contributed by atoms with van der Waals surface area (Å²) < 4.78 is 0. The third-order valence-corrected chi connectivity index (χ3v) is 4.74. The Morgan fingerprint density at radius 1 is 0.906 bits per heavy atom. The van der Waals surface area contributed by atoms with Crippen LogP contribution in [0.5, 0.6) is 0 Å². The first kappa shape index (κ1) is 27.0. The fourth-order valence-corrected chi connectivity index (χ4v) is 2.84. The number of benzene rings is 1. The molecule has 3 amide bonds. The van der Waals surface area contributed by atoms with Gasteiger partial charge in [0.2, 0.25) is 17.7 Å². The number of hydrogen-bond acceptors (Lipinski definition) is 7. The van der Waals surface area contributed by atoms with Crippen LogP contribution in [0.4, 0.5) is 0 Å². The molecule has 0 aromatic heterocycles. The van der Waals surface area contributed by atoms with Crippen molar-refractivity contribution in [1.29, 1.82) is 0 Å². The molecule has 8 N–H and O–H groups in total. The molecule has 0 saturated heterocycles. The van der Waals surface area contributed by atoms with Gasteiger partial charge in [-0.2, -0.15) is 0 Å². The van der Waals surface area contributed by atoms with Crippen molar-refractivity contribution < 1.29 is 34.5 Å². The highest BCUT2D eigenvalue weighted by Gasteiger charge is 2.33. The Labute approximate surface area is 186 Å². The zero-order valence-electron chi connectivity index (χ0n) is 18.3. The molecular formula is C21H32N4O7. The lowest BCUT2D eigenvalue weighted by atomic mass is 10.00. The summed E-state index contributed by atoms with van der Waals surface area (Å²) in [4.78, 5) is 49.1. The van der Waals surface area contributed by atoms with Crippen molar-refractivity contribution in [3.05, 3.63) is 35.9 Å². The van der Waals surface area contributed by atoms with Gasteiger partial charge in [-0.15, -0.1) is 0 Å². The second-order valence-electron chi connectivity index (χ2n) is 7.84. The molecule has 1 aromatic carbocycles. The number of nitrogens with two attached hydrogens (primary N) is 1. The van der Waals surface area contributed by atoms with Gasteiger partial charge in [0.05, 0.1) is 12.7 Å². The fraction of sp³-hybridized carbons (Fsp3) is 0.524. The highest BCUT2D eigenvalue weighted by molar-refractivity contribution is 5.94. The van der Waals surface area contributed by atoms with E-state index in [0.29, 0.717) is 0 Å². The van der Waals surface area contributed by atoms with E-state index in [4.69, 9.17) is 10.8 Å². The van der Waals surface area contributed by atoms with Crippen LogP contribution in [0, 0.1) is 5.92 Å². The molecule has 1 rings (SSSR count). The van der Waals surface area contributed by atoms with Crippen molar-refractivity contribution in [3.8, 4) is 0 Å². The maximum Gasteiger partial charge on any atom is 0.328 e. The van der Waals surface area contributed by atoms with Crippen molar-refractivity contribution in [2.24, 2.45) is 11.7 Å². The van der Waals surface area contributed by atoms with Crippen LogP contribution in [0.25, 0.3) is 0 Å². The maximum absolute atomic E-state index is 13.0. The minimum Gasteiger partial charge on any atom is -0.480 e. The zero-order valence-corrected chi connectivity index (χ0v) is 18.3. The lowest BCUT2D eigenvalue weighted by Gasteiger charge is -2.27. The van der Waals surface area contributed by atoms with Crippen molar-refractivity contribution in [3.63, 3.8) is 0 Å². The second kappa shape index (κ2) is 12.7. The van der Waals surface area contributed by atoms with E-state index < -0.39 is 66.5 Å². The van der Waals surface area contributed by atoms with Gasteiger partial charge in [0.15, 0.2) is 6.04 Å². The van der Waals surface area contributed by atoms with Gasteiger partial charge in [0.1, 0.15) is 18.1 Å². The summed E-state index contributed by atoms with van der Waals surface area (Å²) in [5, 5.41) is 35.1. The van der Waals surface area contributed by atoms with Crippen LogP contribution in [-0.4, -0.2) is 75.9 Å². The number of carbonyl (C=O) groups excluding carboxylic acids is 3. The molecule has 11 nitrogen and oxygen atoms in total. The van der Waals surface area contributed by atoms with Gasteiger partial charge in [0, 0.05) is 6.42 Å². The highest BCUT2D eigenvalue weighted by atomic mass is 16.4. The third kappa shape index (κ3) is 8.25. The number of amides is 3. The average molecular weight is 453 g/mol. The van der Waals surface area contributed by atoms with E-state index in [-0.39, 0.29) is 6.42 Å². The van der Waals surface area contributed by atoms with E-state index in [0.717, 1.165) is 5.56 Å². The van der Waals surface area contributed by atoms with Crippen molar-refractivity contribution in [2.45, 2.75) is 57.5 Å². The smallest absolute Gasteiger partial charge is 0.328 e. The van der Waals surface area contributed by atoms with Crippen LogP contribution in [0.15, 0.2) is 30.3 Å². The van der Waals surface area contributed by atoms with E-state index in [9.17, 15) is 29.4 Å². The first-order valence-corrected chi connectivity index (χ1v) is 10.2. The van der Waals surface area contributed by atoms with Gasteiger partial charge in [-0.3, -0.25) is 14.4 Å². The van der Waals surface area contributed by atoms with Crippen LogP contribution in [-0.2, 0) is 25.6 Å². The van der Waals surface area contributed by atoms with Gasteiger partial charge >= 0.3 is 5.97 Å². The maximum atomic E-state index is 13.0. The zero-order chi connectivity index (χ0) is 24.4. The van der Waals surface area contributed by atoms with E-state index >= 15 is 0 Å². The molecule has 0 heterocycles. The number of aliphatic carboxylic acids is 1. The Hall–Kier alpha value is -3.02. The minimum atomic E-state index is -1.55. The topological polar surface area (TPSA) is 191 Å². The molecule has 0 radical (unpaired) electrons. The number of carbonyl (C=O) groups is 4. The predicted molar refractivity (Wildman–Crippen MR) is 115 cm³/mol. The standard InChI is InChI=1S/C21H32N4O7/c1-11(2)16(20(30)25-17(12(3)27)21(31)32)24-19(29)15(23-18(28)14(22)10-26)9-13-7-5-4-6-8-13/h4-8,11-12,14-17,26-27H,9-10,22H2,1-3H3,(H,23,28)(H,24,29)(H,25,30)(H,31,32). The Balaban J connectivity index is 3.05. The first-order chi connectivity index (χ1) is 15.0. The Kier molecular flexibility index (Phi) is 10.8. The van der Waals surface area contributed by atoms with Crippen LogP contribution in [0.2, 0.25) is 0 Å². The quantitative estimate of drug-likeness (QED) is 0.192. The number of carboxylic acid groups (broad SMARTS) is 1. The lowest BCUT2D eigenvalue weighted by molar-refractivity contribution is -0.145. The SMILES string of the molecule is CC(C)C(NC(=O)C(Cc1ccccc1)NC(=O)C(N)CO)C(=O)NC(C(=O)O)C(C)O. The van der Waals surface area contributed by atoms with E-state index in [1.54, 1.807) is 44.2 Å². The number of rotatable bonds is 12. The van der Waals surface area contributed by atoms with Gasteiger partial charge in [-0.05, 0) is 18.4 Å². The number of aliphatic hydroxyl groups is 2. The van der Waals surface area contributed by atoms with Crippen molar-refractivity contribution >= 4 is 23.7 Å². The molecule has 0 fully saturated rings. The van der Waals surface area contributed by atoms with Gasteiger partial charge < -0.3 is 37.0 Å². The van der Waals surface area contributed by atoms with Gasteiger partial charge in [-0.25, -0.2) is 4.79 Å². The first-order valence-electron chi connectivity index (χ1n) is 10.2. The van der Waals surface area contributed by atoms with Gasteiger partial charge in [0.25, 0.3) is 0 Å². The summed E-state index contributed by atoms with van der Waals surface area (Å²) in [6.45, 7) is 3.90. The number of carboxylic acids is 1. The molecule has 5 atom stereocenters. The Morgan fingerprint density at radius 2 is 1.47 bits per heavy atom. The van der Waals surface area contributed by atoms with Crippen LogP contribution in [0.1, 0.15) is 26.3 Å². The summed E-state index contributed by atoms with van der Waals surface area (Å²) in [6, 6.07) is 3.80. The Bertz CT molecular complexity index is 786. The monoisotopic (exact) mass is 452 g/mol. The van der Waals surface area contributed by atoms with Crippen LogP contribution >= 0.6 is 0 Å². The predicted octanol–water partition coefficient (Wildman–Crippen LogP) is -1.88. The van der Waals surface area contributed by atoms with Crippen molar-refractivity contribution in [2.75, 3.05) is 6.61 Å². The molecule has 178 valence electrons. The van der Waals surface area contributed by atoms with E-state index in [1.807, 2.05) is 0 Å². The second-order valence-corrected chi connectivity index (χ2v) is 7.84. The lowest BCUT2D eigenvalue weighted by Crippen LogP contribution is -2.60. The summed E-state index contributed by atoms with van der Waals surface area (Å²) >= 11 is 0. The largest absolute Gasteiger partial charge is 0.480 e. The molecule has 32 heavy (non-hydrogen) atoms. The molecule has 0 aliphatic carbocycles. The summed E-state index contributed by atoms with van der Waals surface area (Å²) in [6.07, 6.45) is -1.26. The molecule has 1 aromatic rings. The summed E-state index contributed by atoms with van der Waals surface area (Å²) in [5.41, 5.74) is 6.26. The van der Waals surface area contributed by atoms with E-state index in [2.05, 4.69) is 16.0 Å². The highest BCUT2D eigenvalue weighted by Crippen LogP contribution is 2.08. The average Bonchev–Trinajstić information content (AvgIpc) is 2.74. The Morgan fingerprint density at radius 3 is 1.94 bits per heavy atom. The molecule has 0 saturated carbocycles.